The van der Waals surface area contributed by atoms with Gasteiger partial charge in [-0.05, 0) is 112 Å². The van der Waals surface area contributed by atoms with E-state index in [0.29, 0.717) is 92.5 Å². The van der Waals surface area contributed by atoms with Gasteiger partial charge >= 0.3 is 23.9 Å². The van der Waals surface area contributed by atoms with Gasteiger partial charge in [0.05, 0.1) is 37.6 Å². The second-order valence-electron chi connectivity index (χ2n) is 14.0. The van der Waals surface area contributed by atoms with Crippen LogP contribution in [0.25, 0.3) is 0 Å². The van der Waals surface area contributed by atoms with Crippen molar-refractivity contribution in [3.63, 3.8) is 0 Å². The molecule has 336 valence electrons. The summed E-state index contributed by atoms with van der Waals surface area (Å²) in [5, 5.41) is 0. The highest BCUT2D eigenvalue weighted by molar-refractivity contribution is 5.90. The fourth-order valence-corrected chi connectivity index (χ4v) is 5.70. The van der Waals surface area contributed by atoms with Gasteiger partial charge in [-0.15, -0.1) is 0 Å². The lowest BCUT2D eigenvalue weighted by atomic mass is 9.95. The Kier molecular flexibility index (Phi) is 23.7. The molecule has 1 saturated carbocycles. The highest BCUT2D eigenvalue weighted by Gasteiger charge is 2.27. The molecule has 2 unspecified atom stereocenters. The van der Waals surface area contributed by atoms with Crippen LogP contribution in [0.2, 0.25) is 0 Å². The van der Waals surface area contributed by atoms with Crippen LogP contribution in [-0.4, -0.2) is 101 Å². The van der Waals surface area contributed by atoms with Gasteiger partial charge in [-0.25, -0.2) is 19.2 Å². The van der Waals surface area contributed by atoms with Crippen LogP contribution in [0.1, 0.15) is 72.1 Å². The van der Waals surface area contributed by atoms with E-state index in [2.05, 4.69) is 39.5 Å². The summed E-state index contributed by atoms with van der Waals surface area (Å²) in [6, 6.07) is 13.1. The molecule has 0 saturated heterocycles. The molecule has 0 spiro atoms. The van der Waals surface area contributed by atoms with Gasteiger partial charge in [0.2, 0.25) is 0 Å². The Bertz CT molecular complexity index is 1630. The maximum absolute atomic E-state index is 13.0. The third-order valence-corrected chi connectivity index (χ3v) is 9.12. The molecule has 1 aliphatic carbocycles. The third kappa shape index (κ3) is 20.4. The molecule has 3 rings (SSSR count). The summed E-state index contributed by atoms with van der Waals surface area (Å²) in [4.78, 5) is 48.9. The van der Waals surface area contributed by atoms with Crippen molar-refractivity contribution >= 4 is 23.9 Å². The van der Waals surface area contributed by atoms with Gasteiger partial charge < -0.3 is 47.4 Å². The van der Waals surface area contributed by atoms with E-state index in [1.165, 1.54) is 6.08 Å². The van der Waals surface area contributed by atoms with Crippen molar-refractivity contribution in [2.75, 3.05) is 52.9 Å². The van der Waals surface area contributed by atoms with E-state index in [1.54, 1.807) is 54.6 Å². The van der Waals surface area contributed by atoms with Crippen molar-refractivity contribution in [2.45, 2.75) is 75.8 Å². The number of allylic oxidation sites excluding steroid dienone is 2. The summed E-state index contributed by atoms with van der Waals surface area (Å²) in [5.41, 5.74) is 0.729. The van der Waals surface area contributed by atoms with E-state index >= 15 is 0 Å². The van der Waals surface area contributed by atoms with E-state index < -0.39 is 36.1 Å². The van der Waals surface area contributed by atoms with Gasteiger partial charge in [-0.3, -0.25) is 0 Å². The van der Waals surface area contributed by atoms with Crippen LogP contribution >= 0.6 is 0 Å². The molecule has 2 aromatic rings. The third-order valence-electron chi connectivity index (χ3n) is 9.12. The fraction of sp³-hybridized carbons (Fsp3) is 0.417. The van der Waals surface area contributed by atoms with Crippen LogP contribution in [0.15, 0.2) is 124 Å². The van der Waals surface area contributed by atoms with Gasteiger partial charge in [-0.2, -0.15) is 0 Å². The monoisotopic (exact) mass is 860 g/mol. The summed E-state index contributed by atoms with van der Waals surface area (Å²) >= 11 is 0. The number of carbonyl (C=O) groups is 4. The van der Waals surface area contributed by atoms with Crippen molar-refractivity contribution in [1.82, 2.24) is 0 Å². The molecule has 0 radical (unpaired) electrons. The van der Waals surface area contributed by atoms with Crippen LogP contribution in [0.4, 0.5) is 0 Å². The van der Waals surface area contributed by atoms with Crippen LogP contribution in [0.5, 0.6) is 11.5 Å². The van der Waals surface area contributed by atoms with Crippen LogP contribution in [0, 0.1) is 0 Å². The first-order valence-electron chi connectivity index (χ1n) is 20.6. The highest BCUT2D eigenvalue weighted by Crippen LogP contribution is 2.26. The van der Waals surface area contributed by atoms with Crippen molar-refractivity contribution < 1.29 is 66.5 Å². The van der Waals surface area contributed by atoms with E-state index in [4.69, 9.17) is 47.4 Å². The Morgan fingerprint density at radius 2 is 0.935 bits per heavy atom. The summed E-state index contributed by atoms with van der Waals surface area (Å²) in [6.45, 7) is 23.8. The fourth-order valence-electron chi connectivity index (χ4n) is 5.70. The van der Waals surface area contributed by atoms with Gasteiger partial charge in [-0.1, -0.05) is 39.5 Å². The number of esters is 4. The van der Waals surface area contributed by atoms with Crippen LogP contribution in [0.3, 0.4) is 0 Å². The quantitative estimate of drug-likeness (QED) is 0.0174. The van der Waals surface area contributed by atoms with Crippen molar-refractivity contribution in [3.8, 4) is 11.5 Å². The number of carbonyl (C=O) groups excluding carboxylic acids is 4. The van der Waals surface area contributed by atoms with E-state index in [1.807, 2.05) is 0 Å². The molecule has 2 atom stereocenters. The first-order chi connectivity index (χ1) is 30.0. The Balaban J connectivity index is 1.36. The average Bonchev–Trinajstić information content (AvgIpc) is 3.29. The first kappa shape index (κ1) is 50.2. The molecule has 14 heteroatoms. The molecule has 62 heavy (non-hydrogen) atoms. The topological polar surface area (TPSA) is 161 Å². The number of benzene rings is 2. The normalized spacial score (nSPS) is 15.3. The summed E-state index contributed by atoms with van der Waals surface area (Å²) in [6.07, 6.45) is 8.46. The lowest BCUT2D eigenvalue weighted by Gasteiger charge is -2.28. The highest BCUT2D eigenvalue weighted by atomic mass is 16.6. The summed E-state index contributed by atoms with van der Waals surface area (Å²) < 4.78 is 56.1. The standard InChI is InChI=1S/C48H60O14/c1-7-35(5)55-29-13-11-27-54-32-44(60-46(50)10-4)34-58-40-21-17-38(18-22-40)48(52)62-42-25-23-41(24-26-42)61-47(51)37-15-19-39(20-16-37)57-33-43(59-36(6)8-2)31-53-28-12-14-30-56-45(49)9-3/h7-10,15-22,41-44H,1-6,11-14,23-34H2. The smallest absolute Gasteiger partial charge is 0.338 e. The predicted octanol–water partition coefficient (Wildman–Crippen LogP) is 7.99. The molecule has 1 fully saturated rings. The Hall–Kier alpha value is -6.12. The van der Waals surface area contributed by atoms with Gasteiger partial charge in [0.15, 0.2) is 12.2 Å². The van der Waals surface area contributed by atoms with Crippen LogP contribution in [-0.2, 0) is 47.5 Å². The first-order valence-corrected chi connectivity index (χ1v) is 20.6. The van der Waals surface area contributed by atoms with E-state index in [0.717, 1.165) is 25.0 Å². The number of rotatable bonds is 32. The SMILES string of the molecule is C=CC(=C)OCCCCOCC(COc1ccc(C(=O)OC2CCC(OC(=O)c3ccc(OCC(COCCCCOC(=O)C=C)OC(=C)C=C)cc3)CC2)cc1)OC(=O)C=C. The minimum atomic E-state index is -0.676. The second-order valence-corrected chi connectivity index (χ2v) is 14.0. The molecular weight excluding hydrogens is 801 g/mol. The molecule has 0 amide bonds. The van der Waals surface area contributed by atoms with E-state index in [-0.39, 0.29) is 45.2 Å². The molecule has 0 bridgehead atoms. The molecule has 0 aromatic heterocycles. The number of unbranched alkanes of at least 4 members (excludes halogenated alkanes) is 2. The number of hydrogen-bond donors (Lipinski definition) is 0. The number of ether oxygens (including phenoxy) is 10. The average molecular weight is 861 g/mol. The lowest BCUT2D eigenvalue weighted by molar-refractivity contribution is -0.148. The molecule has 2 aromatic carbocycles. The Morgan fingerprint density at radius 3 is 1.37 bits per heavy atom. The number of hydrogen-bond acceptors (Lipinski definition) is 14. The molecule has 0 N–H and O–H groups in total. The molecule has 0 aliphatic heterocycles. The van der Waals surface area contributed by atoms with Crippen molar-refractivity contribution in [2.24, 2.45) is 0 Å². The Labute approximate surface area is 364 Å². The molecule has 1 aliphatic rings. The Morgan fingerprint density at radius 1 is 0.516 bits per heavy atom. The lowest BCUT2D eigenvalue weighted by Crippen LogP contribution is -2.30. The minimum Gasteiger partial charge on any atom is -0.494 e. The van der Waals surface area contributed by atoms with Crippen molar-refractivity contribution in [1.29, 1.82) is 0 Å². The zero-order valence-corrected chi connectivity index (χ0v) is 35.5. The van der Waals surface area contributed by atoms with Crippen LogP contribution < -0.4 is 9.47 Å². The van der Waals surface area contributed by atoms with E-state index in [9.17, 15) is 19.2 Å². The molecular formula is C48H60O14. The van der Waals surface area contributed by atoms with Gasteiger partial charge in [0.1, 0.15) is 48.4 Å². The minimum absolute atomic E-state index is 0.0300. The zero-order chi connectivity index (χ0) is 45.0. The largest absolute Gasteiger partial charge is 0.494 e. The van der Waals surface area contributed by atoms with Crippen molar-refractivity contribution in [3.05, 3.63) is 135 Å². The maximum atomic E-state index is 13.0. The molecule has 0 heterocycles. The predicted molar refractivity (Wildman–Crippen MR) is 232 cm³/mol. The molecule has 14 nitrogen and oxygen atoms in total. The second kappa shape index (κ2) is 29.2. The zero-order valence-electron chi connectivity index (χ0n) is 35.5. The summed E-state index contributed by atoms with van der Waals surface area (Å²) in [7, 11) is 0. The van der Waals surface area contributed by atoms with Gasteiger partial charge in [0, 0.05) is 25.4 Å². The summed E-state index contributed by atoms with van der Waals surface area (Å²) in [5.74, 6) is -0.0909. The van der Waals surface area contributed by atoms with Gasteiger partial charge in [0.25, 0.3) is 0 Å². The maximum Gasteiger partial charge on any atom is 0.338 e.